The first kappa shape index (κ1) is 17.3. The van der Waals surface area contributed by atoms with E-state index >= 15 is 0 Å². The van der Waals surface area contributed by atoms with Crippen molar-refractivity contribution in [3.8, 4) is 0 Å². The smallest absolute Gasteiger partial charge is 0.226 e. The highest BCUT2D eigenvalue weighted by Gasteiger charge is 2.47. The van der Waals surface area contributed by atoms with Gasteiger partial charge in [0.2, 0.25) is 5.91 Å². The van der Waals surface area contributed by atoms with Crippen LogP contribution < -0.4 is 0 Å². The zero-order valence-corrected chi connectivity index (χ0v) is 14.0. The number of rotatable bonds is 5. The van der Waals surface area contributed by atoms with Crippen LogP contribution >= 0.6 is 0 Å². The Bertz CT molecular complexity index is 596. The molecule has 2 atom stereocenters. The van der Waals surface area contributed by atoms with Crippen LogP contribution in [0, 0.1) is 17.6 Å². The molecular weight excluding hydrogens is 314 g/mol. The second kappa shape index (κ2) is 7.57. The molecule has 0 radical (unpaired) electrons. The fourth-order valence-corrected chi connectivity index (χ4v) is 3.48. The first-order valence-corrected chi connectivity index (χ1v) is 8.55. The molecule has 1 amide bonds. The maximum absolute atomic E-state index is 13.9. The van der Waals surface area contributed by atoms with Crippen LogP contribution in [0.3, 0.4) is 0 Å². The minimum Gasteiger partial charge on any atom is -0.383 e. The van der Waals surface area contributed by atoms with Gasteiger partial charge in [-0.3, -0.25) is 9.69 Å². The van der Waals surface area contributed by atoms with Gasteiger partial charge in [-0.05, 0) is 49.1 Å². The van der Waals surface area contributed by atoms with Crippen molar-refractivity contribution in [1.29, 1.82) is 0 Å². The summed E-state index contributed by atoms with van der Waals surface area (Å²) in [5.74, 6) is -1.17. The second-order valence-electron chi connectivity index (χ2n) is 6.63. The minimum absolute atomic E-state index is 0.0808. The average Bonchev–Trinajstić information content (AvgIpc) is 3.38. The molecule has 1 aromatic carbocycles. The zero-order valence-electron chi connectivity index (χ0n) is 14.0. The molecule has 1 heterocycles. The fourth-order valence-electron chi connectivity index (χ4n) is 3.48. The molecule has 2 fully saturated rings. The highest BCUT2D eigenvalue weighted by Crippen LogP contribution is 2.49. The minimum atomic E-state index is -0.451. The van der Waals surface area contributed by atoms with Gasteiger partial charge in [-0.15, -0.1) is 0 Å². The molecule has 1 saturated heterocycles. The Kier molecular flexibility index (Phi) is 5.46. The van der Waals surface area contributed by atoms with E-state index in [2.05, 4.69) is 4.90 Å². The monoisotopic (exact) mass is 338 g/mol. The molecule has 0 N–H and O–H groups in total. The van der Waals surface area contributed by atoms with E-state index in [1.54, 1.807) is 7.11 Å². The van der Waals surface area contributed by atoms with Crippen molar-refractivity contribution in [2.75, 3.05) is 46.4 Å². The fraction of sp³-hybridized carbons (Fsp3) is 0.611. The van der Waals surface area contributed by atoms with E-state index < -0.39 is 11.6 Å². The Morgan fingerprint density at radius 3 is 2.88 bits per heavy atom. The van der Waals surface area contributed by atoms with Gasteiger partial charge < -0.3 is 9.64 Å². The van der Waals surface area contributed by atoms with Gasteiger partial charge >= 0.3 is 0 Å². The summed E-state index contributed by atoms with van der Waals surface area (Å²) in [7, 11) is 1.69. The molecule has 4 nitrogen and oxygen atoms in total. The van der Waals surface area contributed by atoms with E-state index in [-0.39, 0.29) is 17.7 Å². The first-order valence-electron chi connectivity index (χ1n) is 8.55. The normalized spacial score (nSPS) is 24.7. The summed E-state index contributed by atoms with van der Waals surface area (Å²) in [5.41, 5.74) is 0.338. The van der Waals surface area contributed by atoms with E-state index in [4.69, 9.17) is 4.74 Å². The average molecular weight is 338 g/mol. The predicted molar refractivity (Wildman–Crippen MR) is 86.7 cm³/mol. The number of methoxy groups -OCH3 is 1. The third kappa shape index (κ3) is 3.92. The molecule has 24 heavy (non-hydrogen) atoms. The molecule has 132 valence electrons. The number of carbonyl (C=O) groups is 1. The highest BCUT2D eigenvalue weighted by atomic mass is 19.1. The lowest BCUT2D eigenvalue weighted by atomic mass is 10.1. The molecule has 1 saturated carbocycles. The molecule has 0 spiro atoms. The van der Waals surface area contributed by atoms with Crippen molar-refractivity contribution < 1.29 is 18.3 Å². The van der Waals surface area contributed by atoms with Crippen LogP contribution in [0.5, 0.6) is 0 Å². The van der Waals surface area contributed by atoms with E-state index in [0.29, 0.717) is 25.1 Å². The molecule has 0 bridgehead atoms. The second-order valence-corrected chi connectivity index (χ2v) is 6.63. The first-order chi connectivity index (χ1) is 11.6. The summed E-state index contributed by atoms with van der Waals surface area (Å²) in [5, 5.41) is 0. The molecule has 0 aromatic heterocycles. The van der Waals surface area contributed by atoms with Gasteiger partial charge in [-0.25, -0.2) is 8.78 Å². The van der Waals surface area contributed by atoms with Crippen molar-refractivity contribution in [3.63, 3.8) is 0 Å². The Morgan fingerprint density at radius 2 is 2.08 bits per heavy atom. The SMILES string of the molecule is COCCN1CCCN(C(=O)[C@H]2C[C@@H]2c2cc(F)ccc2F)CC1. The highest BCUT2D eigenvalue weighted by molar-refractivity contribution is 5.83. The lowest BCUT2D eigenvalue weighted by Crippen LogP contribution is -2.37. The number of nitrogens with zero attached hydrogens (tertiary/aromatic N) is 2. The van der Waals surface area contributed by atoms with Gasteiger partial charge in [0.1, 0.15) is 11.6 Å². The standard InChI is InChI=1S/C18H24F2N2O2/c1-24-10-9-21-5-2-6-22(8-7-21)18(23)16-12-14(16)15-11-13(19)3-4-17(15)20/h3-4,11,14,16H,2,5-10,12H2,1H3/t14-,16+/m1/s1. The van der Waals surface area contributed by atoms with Crippen molar-refractivity contribution >= 4 is 5.91 Å². The van der Waals surface area contributed by atoms with Crippen molar-refractivity contribution in [1.82, 2.24) is 9.80 Å². The molecule has 3 rings (SSSR count). The maximum atomic E-state index is 13.9. The molecular formula is C18H24F2N2O2. The summed E-state index contributed by atoms with van der Waals surface area (Å²) in [6.07, 6.45) is 1.55. The largest absolute Gasteiger partial charge is 0.383 e. The van der Waals surface area contributed by atoms with Crippen molar-refractivity contribution in [2.45, 2.75) is 18.8 Å². The summed E-state index contributed by atoms with van der Waals surface area (Å²) in [4.78, 5) is 16.9. The molecule has 1 aliphatic carbocycles. The van der Waals surface area contributed by atoms with E-state index in [9.17, 15) is 13.6 Å². The van der Waals surface area contributed by atoms with Crippen LogP contribution in [0.25, 0.3) is 0 Å². The van der Waals surface area contributed by atoms with Crippen LogP contribution in [-0.4, -0.2) is 62.1 Å². The number of amides is 1. The van der Waals surface area contributed by atoms with Crippen molar-refractivity contribution in [3.05, 3.63) is 35.4 Å². The Labute approximate surface area is 141 Å². The topological polar surface area (TPSA) is 32.8 Å². The Hall–Kier alpha value is -1.53. The number of benzene rings is 1. The van der Waals surface area contributed by atoms with Crippen LogP contribution in [0.1, 0.15) is 24.3 Å². The number of halogens is 2. The van der Waals surface area contributed by atoms with Crippen LogP contribution in [0.15, 0.2) is 18.2 Å². The number of hydrogen-bond acceptors (Lipinski definition) is 3. The van der Waals surface area contributed by atoms with Gasteiger partial charge in [-0.2, -0.15) is 0 Å². The van der Waals surface area contributed by atoms with Crippen molar-refractivity contribution in [2.24, 2.45) is 5.92 Å². The van der Waals surface area contributed by atoms with Crippen LogP contribution in [-0.2, 0) is 9.53 Å². The van der Waals surface area contributed by atoms with Crippen LogP contribution in [0.4, 0.5) is 8.78 Å². The molecule has 0 unspecified atom stereocenters. The van der Waals surface area contributed by atoms with Gasteiger partial charge in [0.05, 0.1) is 6.61 Å². The number of hydrogen-bond donors (Lipinski definition) is 0. The summed E-state index contributed by atoms with van der Waals surface area (Å²) in [6, 6.07) is 3.48. The number of carbonyl (C=O) groups excluding carboxylic acids is 1. The van der Waals surface area contributed by atoms with Gasteiger partial charge in [-0.1, -0.05) is 0 Å². The van der Waals surface area contributed by atoms with Gasteiger partial charge in [0.15, 0.2) is 0 Å². The summed E-state index contributed by atoms with van der Waals surface area (Å²) >= 11 is 0. The van der Waals surface area contributed by atoms with E-state index in [1.807, 2.05) is 4.90 Å². The lowest BCUT2D eigenvalue weighted by Gasteiger charge is -2.22. The third-order valence-corrected chi connectivity index (χ3v) is 4.98. The predicted octanol–water partition coefficient (Wildman–Crippen LogP) is 2.25. The van der Waals surface area contributed by atoms with E-state index in [0.717, 1.165) is 44.7 Å². The lowest BCUT2D eigenvalue weighted by molar-refractivity contribution is -0.132. The van der Waals surface area contributed by atoms with Gasteiger partial charge in [0.25, 0.3) is 0 Å². The molecule has 1 aromatic rings. The number of ether oxygens (including phenoxy) is 1. The third-order valence-electron chi connectivity index (χ3n) is 4.98. The maximum Gasteiger partial charge on any atom is 0.226 e. The molecule has 1 aliphatic heterocycles. The Balaban J connectivity index is 1.57. The summed E-state index contributed by atoms with van der Waals surface area (Å²) in [6.45, 7) is 4.78. The summed E-state index contributed by atoms with van der Waals surface area (Å²) < 4.78 is 32.3. The quantitative estimate of drug-likeness (QED) is 0.826. The molecule has 2 aliphatic rings. The van der Waals surface area contributed by atoms with E-state index in [1.165, 1.54) is 6.07 Å². The van der Waals surface area contributed by atoms with Gasteiger partial charge in [0, 0.05) is 39.2 Å². The zero-order chi connectivity index (χ0) is 17.1. The van der Waals surface area contributed by atoms with Crippen LogP contribution in [0.2, 0.25) is 0 Å². The Morgan fingerprint density at radius 1 is 1.25 bits per heavy atom. The molecule has 6 heteroatoms.